The Bertz CT molecular complexity index is 918. The van der Waals surface area contributed by atoms with E-state index >= 15 is 0 Å². The van der Waals surface area contributed by atoms with E-state index in [1.165, 1.54) is 18.4 Å². The molecular weight excluding hydrogens is 358 g/mol. The molecule has 1 aromatic heterocycles. The van der Waals surface area contributed by atoms with Crippen LogP contribution < -0.4 is 4.74 Å². The number of benzene rings is 2. The second-order valence-electron chi connectivity index (χ2n) is 5.51. The van der Waals surface area contributed by atoms with Crippen molar-refractivity contribution < 1.29 is 13.2 Å². The molecule has 3 aromatic rings. The Balaban J connectivity index is 1.52. The summed E-state index contributed by atoms with van der Waals surface area (Å²) in [5, 5.41) is 0.859. The monoisotopic (exact) mass is 377 g/mol. The van der Waals surface area contributed by atoms with Crippen molar-refractivity contribution in [2.75, 3.05) is 26.5 Å². The van der Waals surface area contributed by atoms with Crippen LogP contribution in [0.3, 0.4) is 0 Å². The molecule has 3 rings (SSSR count). The minimum absolute atomic E-state index is 0.251. The number of fused-ring (bicyclic) bond motifs is 1. The maximum atomic E-state index is 12.0. The molecule has 0 spiro atoms. The highest BCUT2D eigenvalue weighted by atomic mass is 32.2. The van der Waals surface area contributed by atoms with E-state index in [0.29, 0.717) is 12.4 Å². The van der Waals surface area contributed by atoms with E-state index in [-0.39, 0.29) is 4.90 Å². The molecule has 0 aliphatic heterocycles. The zero-order chi connectivity index (χ0) is 17.9. The molecule has 0 aliphatic rings. The number of hydrogen-bond acceptors (Lipinski definition) is 5. The first-order valence-corrected chi connectivity index (χ1v) is 10.1. The van der Waals surface area contributed by atoms with Crippen molar-refractivity contribution in [1.82, 2.24) is 14.3 Å². The number of imidazole rings is 1. The van der Waals surface area contributed by atoms with Gasteiger partial charge in [0, 0.05) is 19.8 Å². The Morgan fingerprint density at radius 2 is 1.84 bits per heavy atom. The average Bonchev–Trinajstić information content (AvgIpc) is 3.02. The average molecular weight is 377 g/mol. The lowest BCUT2D eigenvalue weighted by molar-refractivity contribution is 0.343. The Morgan fingerprint density at radius 1 is 1.12 bits per heavy atom. The third kappa shape index (κ3) is 4.15. The number of sulfonamides is 1. The molecule has 0 fully saturated rings. The van der Waals surface area contributed by atoms with E-state index in [2.05, 4.69) is 9.97 Å². The number of hydrogen-bond donors (Lipinski definition) is 1. The number of H-pyrrole nitrogens is 1. The molecule has 0 saturated heterocycles. The number of para-hydroxylation sites is 2. The molecule has 0 saturated carbocycles. The number of nitrogens with one attached hydrogen (secondary N) is 1. The molecule has 1 heterocycles. The van der Waals surface area contributed by atoms with Crippen molar-refractivity contribution in [2.45, 2.75) is 10.1 Å². The van der Waals surface area contributed by atoms with Crippen molar-refractivity contribution in [3.63, 3.8) is 0 Å². The van der Waals surface area contributed by atoms with Gasteiger partial charge in [-0.25, -0.2) is 17.7 Å². The molecule has 0 bridgehead atoms. The van der Waals surface area contributed by atoms with E-state index in [1.807, 2.05) is 24.3 Å². The third-order valence-electron chi connectivity index (χ3n) is 3.56. The molecule has 132 valence electrons. The van der Waals surface area contributed by atoms with Crippen LogP contribution in [0.15, 0.2) is 58.6 Å². The second kappa shape index (κ2) is 7.47. The molecule has 0 radical (unpaired) electrons. The van der Waals surface area contributed by atoms with Gasteiger partial charge in [0.2, 0.25) is 10.0 Å². The fourth-order valence-electron chi connectivity index (χ4n) is 2.21. The molecule has 0 atom stereocenters. The van der Waals surface area contributed by atoms with Gasteiger partial charge in [0.1, 0.15) is 5.75 Å². The quantitative estimate of drug-likeness (QED) is 0.506. The molecule has 6 nitrogen and oxygen atoms in total. The summed E-state index contributed by atoms with van der Waals surface area (Å²) in [6, 6.07) is 14.3. The van der Waals surface area contributed by atoms with Crippen molar-refractivity contribution in [2.24, 2.45) is 0 Å². The summed E-state index contributed by atoms with van der Waals surface area (Å²) in [7, 11) is -0.389. The van der Waals surface area contributed by atoms with E-state index in [4.69, 9.17) is 4.74 Å². The van der Waals surface area contributed by atoms with Crippen molar-refractivity contribution in [1.29, 1.82) is 0 Å². The highest BCUT2D eigenvalue weighted by molar-refractivity contribution is 7.99. The van der Waals surface area contributed by atoms with Crippen LogP contribution in [0.2, 0.25) is 0 Å². The number of ether oxygens (including phenoxy) is 1. The number of aromatic amines is 1. The van der Waals surface area contributed by atoms with Crippen LogP contribution in [0, 0.1) is 0 Å². The molecule has 0 unspecified atom stereocenters. The summed E-state index contributed by atoms with van der Waals surface area (Å²) >= 11 is 1.58. The number of aromatic nitrogens is 2. The first-order chi connectivity index (χ1) is 12.0. The van der Waals surface area contributed by atoms with Gasteiger partial charge in [-0.15, -0.1) is 0 Å². The van der Waals surface area contributed by atoms with Gasteiger partial charge in [-0.3, -0.25) is 0 Å². The maximum absolute atomic E-state index is 12.0. The zero-order valence-corrected chi connectivity index (χ0v) is 15.6. The molecule has 1 N–H and O–H groups in total. The zero-order valence-electron chi connectivity index (χ0n) is 14.0. The predicted molar refractivity (Wildman–Crippen MR) is 99.6 cm³/mol. The summed E-state index contributed by atoms with van der Waals surface area (Å²) in [6.07, 6.45) is 0. The summed E-state index contributed by atoms with van der Waals surface area (Å²) in [4.78, 5) is 8.00. The summed E-state index contributed by atoms with van der Waals surface area (Å²) < 4.78 is 30.9. The molecule has 0 aliphatic carbocycles. The fourth-order valence-corrected chi connectivity index (χ4v) is 3.82. The van der Waals surface area contributed by atoms with E-state index in [1.54, 1.807) is 36.0 Å². The second-order valence-corrected chi connectivity index (χ2v) is 8.75. The van der Waals surface area contributed by atoms with Gasteiger partial charge in [0.05, 0.1) is 22.5 Å². The normalized spacial score (nSPS) is 12.0. The van der Waals surface area contributed by atoms with Crippen LogP contribution in [-0.2, 0) is 10.0 Å². The Morgan fingerprint density at radius 3 is 2.52 bits per heavy atom. The lowest BCUT2D eigenvalue weighted by atomic mass is 10.3. The van der Waals surface area contributed by atoms with Crippen LogP contribution in [0.1, 0.15) is 0 Å². The van der Waals surface area contributed by atoms with Crippen molar-refractivity contribution >= 4 is 32.8 Å². The highest BCUT2D eigenvalue weighted by Gasteiger charge is 2.16. The van der Waals surface area contributed by atoms with Gasteiger partial charge in [-0.05, 0) is 36.4 Å². The standard InChI is InChI=1S/C17H19N3O3S2/c1-20(2)25(21,22)14-9-7-13(8-10-14)23-11-12-24-17-18-15-5-3-4-6-16(15)19-17/h3-10H,11-12H2,1-2H3,(H,18,19). The van der Waals surface area contributed by atoms with Crippen LogP contribution in [-0.4, -0.2) is 49.1 Å². The lowest BCUT2D eigenvalue weighted by Crippen LogP contribution is -2.22. The molecule has 2 aromatic carbocycles. The summed E-state index contributed by atoms with van der Waals surface area (Å²) in [5.41, 5.74) is 1.97. The van der Waals surface area contributed by atoms with Crippen LogP contribution in [0.5, 0.6) is 5.75 Å². The van der Waals surface area contributed by atoms with Gasteiger partial charge in [0.15, 0.2) is 5.16 Å². The Kier molecular flexibility index (Phi) is 5.31. The number of rotatable bonds is 7. The van der Waals surface area contributed by atoms with Crippen LogP contribution in [0.25, 0.3) is 11.0 Å². The summed E-state index contributed by atoms with van der Waals surface area (Å²) in [6.45, 7) is 0.501. The predicted octanol–water partition coefficient (Wildman–Crippen LogP) is 2.98. The smallest absolute Gasteiger partial charge is 0.242 e. The van der Waals surface area contributed by atoms with E-state index in [9.17, 15) is 8.42 Å². The highest BCUT2D eigenvalue weighted by Crippen LogP contribution is 2.21. The number of nitrogens with zero attached hydrogens (tertiary/aromatic N) is 2. The molecule has 0 amide bonds. The number of thioether (sulfide) groups is 1. The van der Waals surface area contributed by atoms with Gasteiger partial charge in [-0.1, -0.05) is 23.9 Å². The molecule has 25 heavy (non-hydrogen) atoms. The van der Waals surface area contributed by atoms with Crippen molar-refractivity contribution in [3.8, 4) is 5.75 Å². The SMILES string of the molecule is CN(C)S(=O)(=O)c1ccc(OCCSc2nc3ccccc3[nH]2)cc1. The van der Waals surface area contributed by atoms with Crippen LogP contribution >= 0.6 is 11.8 Å². The van der Waals surface area contributed by atoms with Gasteiger partial charge in [-0.2, -0.15) is 0 Å². The van der Waals surface area contributed by atoms with Crippen molar-refractivity contribution in [3.05, 3.63) is 48.5 Å². The maximum Gasteiger partial charge on any atom is 0.242 e. The van der Waals surface area contributed by atoms with Crippen LogP contribution in [0.4, 0.5) is 0 Å². The third-order valence-corrected chi connectivity index (χ3v) is 6.23. The lowest BCUT2D eigenvalue weighted by Gasteiger charge is -2.12. The van der Waals surface area contributed by atoms with E-state index in [0.717, 1.165) is 21.9 Å². The van der Waals surface area contributed by atoms with Gasteiger partial charge < -0.3 is 9.72 Å². The minimum Gasteiger partial charge on any atom is -0.493 e. The fraction of sp³-hybridized carbons (Fsp3) is 0.235. The Labute approximate surface area is 151 Å². The first-order valence-electron chi connectivity index (χ1n) is 7.70. The summed E-state index contributed by atoms with van der Waals surface area (Å²) in [5.74, 6) is 1.38. The Hall–Kier alpha value is -2.03. The van der Waals surface area contributed by atoms with Gasteiger partial charge in [0.25, 0.3) is 0 Å². The van der Waals surface area contributed by atoms with Gasteiger partial charge >= 0.3 is 0 Å². The van der Waals surface area contributed by atoms with E-state index < -0.39 is 10.0 Å². The molecular formula is C17H19N3O3S2. The largest absolute Gasteiger partial charge is 0.493 e. The minimum atomic E-state index is -3.41. The molecule has 8 heteroatoms. The topological polar surface area (TPSA) is 75.3 Å². The first kappa shape index (κ1) is 17.8.